The molecule has 25 heavy (non-hydrogen) atoms. The van der Waals surface area contributed by atoms with Gasteiger partial charge >= 0.3 is 0 Å². The molecular formula is C20H26N4O. The first-order valence-corrected chi connectivity index (χ1v) is 9.18. The molecule has 0 amide bonds. The number of nitrogens with one attached hydrogen (secondary N) is 2. The van der Waals surface area contributed by atoms with Gasteiger partial charge < -0.3 is 25.2 Å². The summed E-state index contributed by atoms with van der Waals surface area (Å²) in [6, 6.07) is 16.8. The highest BCUT2D eigenvalue weighted by atomic mass is 16.5. The highest BCUT2D eigenvalue weighted by Crippen LogP contribution is 2.26. The lowest BCUT2D eigenvalue weighted by Crippen LogP contribution is -2.43. The van der Waals surface area contributed by atoms with Crippen molar-refractivity contribution in [3.8, 4) is 11.5 Å². The second-order valence-corrected chi connectivity index (χ2v) is 6.56. The average molecular weight is 338 g/mol. The second-order valence-electron chi connectivity index (χ2n) is 6.56. The van der Waals surface area contributed by atoms with Crippen LogP contribution in [0.4, 0.5) is 11.4 Å². The Hall–Kier alpha value is -2.24. The van der Waals surface area contributed by atoms with Gasteiger partial charge in [-0.15, -0.1) is 0 Å². The monoisotopic (exact) mass is 338 g/mol. The molecule has 2 heterocycles. The fourth-order valence-electron chi connectivity index (χ4n) is 3.43. The van der Waals surface area contributed by atoms with Crippen molar-refractivity contribution in [1.82, 2.24) is 10.6 Å². The molecule has 2 aromatic carbocycles. The van der Waals surface area contributed by atoms with Gasteiger partial charge in [-0.05, 0) is 48.5 Å². The molecule has 2 fully saturated rings. The summed E-state index contributed by atoms with van der Waals surface area (Å²) in [5.41, 5.74) is 2.53. The van der Waals surface area contributed by atoms with Crippen molar-refractivity contribution in [3.05, 3.63) is 48.5 Å². The van der Waals surface area contributed by atoms with Gasteiger partial charge in [0.2, 0.25) is 0 Å². The van der Waals surface area contributed by atoms with Crippen LogP contribution in [0.3, 0.4) is 0 Å². The Morgan fingerprint density at radius 3 is 1.28 bits per heavy atom. The minimum absolute atomic E-state index is 0.883. The molecule has 4 rings (SSSR count). The van der Waals surface area contributed by atoms with Crippen LogP contribution in [0.2, 0.25) is 0 Å². The van der Waals surface area contributed by atoms with Gasteiger partial charge in [-0.2, -0.15) is 0 Å². The van der Waals surface area contributed by atoms with Crippen LogP contribution < -0.4 is 25.2 Å². The molecule has 2 saturated heterocycles. The van der Waals surface area contributed by atoms with Crippen LogP contribution in [0.15, 0.2) is 48.5 Å². The molecule has 5 heteroatoms. The summed E-state index contributed by atoms with van der Waals surface area (Å²) in [7, 11) is 0. The van der Waals surface area contributed by atoms with Crippen LogP contribution in [-0.4, -0.2) is 52.4 Å². The van der Waals surface area contributed by atoms with Gasteiger partial charge in [0.25, 0.3) is 0 Å². The number of hydrogen-bond donors (Lipinski definition) is 2. The van der Waals surface area contributed by atoms with E-state index in [1.54, 1.807) is 0 Å². The molecule has 0 aromatic heterocycles. The summed E-state index contributed by atoms with van der Waals surface area (Å²) in [6.45, 7) is 8.47. The molecule has 0 unspecified atom stereocenters. The van der Waals surface area contributed by atoms with E-state index in [1.807, 2.05) is 0 Å². The van der Waals surface area contributed by atoms with Gasteiger partial charge in [0.1, 0.15) is 11.5 Å². The molecule has 5 nitrogen and oxygen atoms in total. The van der Waals surface area contributed by atoms with Crippen LogP contribution in [0.1, 0.15) is 0 Å². The third kappa shape index (κ3) is 4.06. The Balaban J connectivity index is 1.38. The van der Waals surface area contributed by atoms with E-state index in [1.165, 1.54) is 11.4 Å². The zero-order valence-electron chi connectivity index (χ0n) is 14.6. The Bertz CT molecular complexity index is 600. The summed E-state index contributed by atoms with van der Waals surface area (Å²) < 4.78 is 6.00. The lowest BCUT2D eigenvalue weighted by molar-refractivity contribution is 0.482. The van der Waals surface area contributed by atoms with Crippen molar-refractivity contribution in [3.63, 3.8) is 0 Å². The zero-order chi connectivity index (χ0) is 16.9. The lowest BCUT2D eigenvalue weighted by atomic mass is 10.2. The zero-order valence-corrected chi connectivity index (χ0v) is 14.6. The SMILES string of the molecule is c1cc(N2CCNCC2)ccc1Oc1ccc(N2CCNCC2)cc1. The molecule has 0 aliphatic carbocycles. The maximum atomic E-state index is 6.00. The van der Waals surface area contributed by atoms with E-state index in [0.717, 1.165) is 63.9 Å². The van der Waals surface area contributed by atoms with E-state index in [4.69, 9.17) is 4.74 Å². The van der Waals surface area contributed by atoms with Crippen molar-refractivity contribution >= 4 is 11.4 Å². The maximum absolute atomic E-state index is 6.00. The van der Waals surface area contributed by atoms with Gasteiger partial charge in [0.15, 0.2) is 0 Å². The molecule has 0 radical (unpaired) electrons. The Morgan fingerprint density at radius 2 is 0.920 bits per heavy atom. The molecule has 0 atom stereocenters. The van der Waals surface area contributed by atoms with E-state index in [-0.39, 0.29) is 0 Å². The fraction of sp³-hybridized carbons (Fsp3) is 0.400. The normalized spacial score (nSPS) is 18.2. The highest BCUT2D eigenvalue weighted by Gasteiger charge is 2.11. The van der Waals surface area contributed by atoms with Crippen molar-refractivity contribution in [1.29, 1.82) is 0 Å². The van der Waals surface area contributed by atoms with Gasteiger partial charge in [0, 0.05) is 63.7 Å². The van der Waals surface area contributed by atoms with Gasteiger partial charge in [-0.3, -0.25) is 0 Å². The first-order valence-electron chi connectivity index (χ1n) is 9.18. The molecule has 0 saturated carbocycles. The van der Waals surface area contributed by atoms with Crippen molar-refractivity contribution in [2.24, 2.45) is 0 Å². The summed E-state index contributed by atoms with van der Waals surface area (Å²) in [4.78, 5) is 4.81. The molecule has 132 valence electrons. The van der Waals surface area contributed by atoms with E-state index in [0.29, 0.717) is 0 Å². The number of anilines is 2. The van der Waals surface area contributed by atoms with Gasteiger partial charge in [-0.1, -0.05) is 0 Å². The van der Waals surface area contributed by atoms with Crippen molar-refractivity contribution in [2.45, 2.75) is 0 Å². The number of hydrogen-bond acceptors (Lipinski definition) is 5. The third-order valence-corrected chi connectivity index (χ3v) is 4.87. The van der Waals surface area contributed by atoms with Gasteiger partial charge in [0.05, 0.1) is 0 Å². The Kier molecular flexibility index (Phi) is 5.04. The van der Waals surface area contributed by atoms with Crippen LogP contribution in [0.25, 0.3) is 0 Å². The van der Waals surface area contributed by atoms with Crippen LogP contribution in [0.5, 0.6) is 11.5 Å². The number of piperazine rings is 2. The number of benzene rings is 2. The molecule has 2 aliphatic heterocycles. The quantitative estimate of drug-likeness (QED) is 0.895. The maximum Gasteiger partial charge on any atom is 0.127 e. The predicted molar refractivity (Wildman–Crippen MR) is 103 cm³/mol. The van der Waals surface area contributed by atoms with E-state index < -0.39 is 0 Å². The predicted octanol–water partition coefficient (Wildman–Crippen LogP) is 2.30. The molecular weight excluding hydrogens is 312 g/mol. The molecule has 0 bridgehead atoms. The van der Waals surface area contributed by atoms with Crippen LogP contribution in [-0.2, 0) is 0 Å². The van der Waals surface area contributed by atoms with E-state index in [2.05, 4.69) is 69.0 Å². The van der Waals surface area contributed by atoms with Crippen LogP contribution in [0, 0.1) is 0 Å². The first-order chi connectivity index (χ1) is 12.4. The molecule has 2 aliphatic rings. The molecule has 2 aromatic rings. The summed E-state index contributed by atoms with van der Waals surface area (Å²) >= 11 is 0. The standard InChI is InChI=1S/C20H26N4O/c1-5-19(6-2-17(1)23-13-9-21-10-14-23)25-20-7-3-18(4-8-20)24-15-11-22-12-16-24/h1-8,21-22H,9-16H2. The smallest absolute Gasteiger partial charge is 0.127 e. The second kappa shape index (κ2) is 7.76. The number of rotatable bonds is 4. The van der Waals surface area contributed by atoms with Crippen molar-refractivity contribution < 1.29 is 4.74 Å². The average Bonchev–Trinajstić information content (AvgIpc) is 2.71. The largest absolute Gasteiger partial charge is 0.457 e. The van der Waals surface area contributed by atoms with Crippen molar-refractivity contribution in [2.75, 3.05) is 62.2 Å². The summed E-state index contributed by atoms with van der Waals surface area (Å²) in [6.07, 6.45) is 0. The highest BCUT2D eigenvalue weighted by molar-refractivity contribution is 5.52. The van der Waals surface area contributed by atoms with Crippen LogP contribution >= 0.6 is 0 Å². The minimum Gasteiger partial charge on any atom is -0.457 e. The van der Waals surface area contributed by atoms with Gasteiger partial charge in [-0.25, -0.2) is 0 Å². The molecule has 0 spiro atoms. The summed E-state index contributed by atoms with van der Waals surface area (Å²) in [5, 5.41) is 6.77. The number of nitrogens with zero attached hydrogens (tertiary/aromatic N) is 2. The topological polar surface area (TPSA) is 39.8 Å². The van der Waals surface area contributed by atoms with E-state index in [9.17, 15) is 0 Å². The third-order valence-electron chi connectivity index (χ3n) is 4.87. The lowest BCUT2D eigenvalue weighted by Gasteiger charge is -2.29. The molecule has 2 N–H and O–H groups in total. The fourth-order valence-corrected chi connectivity index (χ4v) is 3.43. The Labute approximate surface area is 149 Å². The number of ether oxygens (including phenoxy) is 1. The Morgan fingerprint density at radius 1 is 0.560 bits per heavy atom. The minimum atomic E-state index is 0.883. The first kappa shape index (κ1) is 16.2. The summed E-state index contributed by atoms with van der Waals surface area (Å²) in [5.74, 6) is 1.77. The van der Waals surface area contributed by atoms with E-state index >= 15 is 0 Å².